The molecule has 1 fully saturated rings. The summed E-state index contributed by atoms with van der Waals surface area (Å²) < 4.78 is 20.8. The number of halogens is 2. The van der Waals surface area contributed by atoms with Crippen molar-refractivity contribution in [2.24, 2.45) is 13.0 Å². The Kier molecular flexibility index (Phi) is 6.39. The molecule has 2 aromatic rings. The van der Waals surface area contributed by atoms with E-state index in [4.69, 9.17) is 4.74 Å². The number of ether oxygens (including phenoxy) is 1. The Bertz CT molecular complexity index is 737. The third-order valence-electron chi connectivity index (χ3n) is 4.20. The lowest BCUT2D eigenvalue weighted by Crippen LogP contribution is -2.28. The number of carbonyl (C=O) groups is 1. The molecule has 8 heteroatoms. The fraction of sp³-hybridized carbons (Fsp3) is 0.412. The van der Waals surface area contributed by atoms with Gasteiger partial charge in [-0.2, -0.15) is 5.10 Å². The minimum atomic E-state index is -0.483. The van der Waals surface area contributed by atoms with E-state index in [1.807, 2.05) is 13.2 Å². The van der Waals surface area contributed by atoms with Gasteiger partial charge in [0.25, 0.3) is 0 Å². The second-order valence-corrected chi connectivity index (χ2v) is 5.89. The molecule has 0 radical (unpaired) electrons. The van der Waals surface area contributed by atoms with Crippen LogP contribution in [0, 0.1) is 11.7 Å². The van der Waals surface area contributed by atoms with E-state index in [2.05, 4.69) is 15.7 Å². The molecule has 1 aromatic carbocycles. The van der Waals surface area contributed by atoms with Gasteiger partial charge in [-0.15, -0.1) is 12.4 Å². The van der Waals surface area contributed by atoms with Crippen LogP contribution in [0.25, 0.3) is 0 Å². The molecule has 1 saturated heterocycles. The second-order valence-electron chi connectivity index (χ2n) is 5.89. The number of aryl methyl sites for hydroxylation is 1. The summed E-state index contributed by atoms with van der Waals surface area (Å²) >= 11 is 0. The lowest BCUT2D eigenvalue weighted by molar-refractivity contribution is -0.119. The van der Waals surface area contributed by atoms with E-state index in [0.717, 1.165) is 12.1 Å². The predicted octanol–water partition coefficient (Wildman–Crippen LogP) is 2.32. The second kappa shape index (κ2) is 8.31. The van der Waals surface area contributed by atoms with Crippen molar-refractivity contribution in [3.8, 4) is 5.75 Å². The maximum Gasteiger partial charge on any atom is 0.229 e. The number of benzene rings is 1. The summed E-state index contributed by atoms with van der Waals surface area (Å²) in [5.41, 5.74) is 1.46. The first kappa shape index (κ1) is 19.2. The van der Waals surface area contributed by atoms with Crippen LogP contribution in [0.1, 0.15) is 18.4 Å². The minimum absolute atomic E-state index is 0. The lowest BCUT2D eigenvalue weighted by Gasteiger charge is -2.17. The van der Waals surface area contributed by atoms with Crippen molar-refractivity contribution in [3.63, 3.8) is 0 Å². The number of nitrogens with one attached hydrogen (secondary N) is 2. The number of rotatable bonds is 5. The monoisotopic (exact) mass is 368 g/mol. The van der Waals surface area contributed by atoms with Crippen LogP contribution >= 0.6 is 12.4 Å². The number of carbonyl (C=O) groups excluding carboxylic acids is 1. The summed E-state index contributed by atoms with van der Waals surface area (Å²) in [7, 11) is 1.85. The Morgan fingerprint density at radius 2 is 2.28 bits per heavy atom. The first-order valence-electron chi connectivity index (χ1n) is 8.01. The van der Waals surface area contributed by atoms with Crippen LogP contribution in [0.3, 0.4) is 0 Å². The minimum Gasteiger partial charge on any atom is -0.491 e. The van der Waals surface area contributed by atoms with Gasteiger partial charge in [0.2, 0.25) is 5.91 Å². The quantitative estimate of drug-likeness (QED) is 0.850. The lowest BCUT2D eigenvalue weighted by atomic mass is 9.90. The summed E-state index contributed by atoms with van der Waals surface area (Å²) in [6.45, 7) is 3.50. The highest BCUT2D eigenvalue weighted by Crippen LogP contribution is 2.29. The Morgan fingerprint density at radius 1 is 1.48 bits per heavy atom. The van der Waals surface area contributed by atoms with Gasteiger partial charge in [-0.1, -0.05) is 0 Å². The van der Waals surface area contributed by atoms with Crippen molar-refractivity contribution >= 4 is 24.0 Å². The van der Waals surface area contributed by atoms with E-state index in [-0.39, 0.29) is 35.9 Å². The molecule has 3 rings (SSSR count). The van der Waals surface area contributed by atoms with Gasteiger partial charge in [-0.3, -0.25) is 9.48 Å². The van der Waals surface area contributed by atoms with Crippen LogP contribution in [0.2, 0.25) is 0 Å². The van der Waals surface area contributed by atoms with Gasteiger partial charge in [0.15, 0.2) is 11.6 Å². The fourth-order valence-corrected chi connectivity index (χ4v) is 3.02. The highest BCUT2D eigenvalue weighted by molar-refractivity contribution is 5.93. The number of hydrogen-bond donors (Lipinski definition) is 2. The predicted molar refractivity (Wildman–Crippen MR) is 95.8 cm³/mol. The van der Waals surface area contributed by atoms with E-state index in [1.54, 1.807) is 23.9 Å². The van der Waals surface area contributed by atoms with Crippen molar-refractivity contribution in [1.82, 2.24) is 15.1 Å². The molecular weight excluding hydrogens is 347 g/mol. The zero-order chi connectivity index (χ0) is 17.1. The first-order chi connectivity index (χ1) is 11.6. The molecule has 1 aromatic heterocycles. The van der Waals surface area contributed by atoms with Crippen LogP contribution in [0.5, 0.6) is 5.75 Å². The average Bonchev–Trinajstić information content (AvgIpc) is 3.18. The first-order valence-corrected chi connectivity index (χ1v) is 8.01. The van der Waals surface area contributed by atoms with Gasteiger partial charge < -0.3 is 15.4 Å². The van der Waals surface area contributed by atoms with Crippen LogP contribution in [-0.4, -0.2) is 35.4 Å². The largest absolute Gasteiger partial charge is 0.491 e. The van der Waals surface area contributed by atoms with Gasteiger partial charge in [-0.05, 0) is 24.6 Å². The van der Waals surface area contributed by atoms with Crippen molar-refractivity contribution in [1.29, 1.82) is 0 Å². The fourth-order valence-electron chi connectivity index (χ4n) is 3.02. The Hall–Kier alpha value is -2.12. The summed E-state index contributed by atoms with van der Waals surface area (Å²) in [6, 6.07) is 4.46. The van der Waals surface area contributed by atoms with Gasteiger partial charge in [0, 0.05) is 44.0 Å². The van der Waals surface area contributed by atoms with Crippen molar-refractivity contribution in [3.05, 3.63) is 42.0 Å². The molecule has 1 aliphatic rings. The molecule has 25 heavy (non-hydrogen) atoms. The summed E-state index contributed by atoms with van der Waals surface area (Å²) in [4.78, 5) is 12.6. The summed E-state index contributed by atoms with van der Waals surface area (Å²) in [5.74, 6) is -0.582. The molecule has 0 spiro atoms. The summed E-state index contributed by atoms with van der Waals surface area (Å²) in [5, 5.41) is 10.2. The molecule has 6 nitrogen and oxygen atoms in total. The Labute approximate surface area is 152 Å². The maximum atomic E-state index is 13.9. The molecule has 1 aliphatic heterocycles. The van der Waals surface area contributed by atoms with Crippen molar-refractivity contribution in [2.45, 2.75) is 12.8 Å². The summed E-state index contributed by atoms with van der Waals surface area (Å²) in [6.07, 6.45) is 3.71. The molecule has 0 bridgehead atoms. The van der Waals surface area contributed by atoms with E-state index in [0.29, 0.717) is 18.8 Å². The van der Waals surface area contributed by atoms with E-state index in [1.165, 1.54) is 12.1 Å². The van der Waals surface area contributed by atoms with E-state index < -0.39 is 5.82 Å². The molecule has 1 amide bonds. The Morgan fingerprint density at radius 3 is 2.92 bits per heavy atom. The molecule has 2 atom stereocenters. The standard InChI is InChI=1S/C17H21FN4O2.ClH/c1-3-24-16-5-4-12(6-15(16)18)21-17(23)14-9-19-8-13(14)11-7-20-22(2)10-11;/h4-7,10,13-14,19H,3,8-9H2,1-2H3,(H,21,23);1H/t13-,14+;/m1./s1. The van der Waals surface area contributed by atoms with Crippen molar-refractivity contribution < 1.29 is 13.9 Å². The van der Waals surface area contributed by atoms with Gasteiger partial charge >= 0.3 is 0 Å². The SMILES string of the molecule is CCOc1ccc(NC(=O)[C@H]2CNC[C@@H]2c2cnn(C)c2)cc1F.Cl. The molecule has 2 N–H and O–H groups in total. The maximum absolute atomic E-state index is 13.9. The molecule has 0 saturated carbocycles. The van der Waals surface area contributed by atoms with Crippen LogP contribution < -0.4 is 15.4 Å². The zero-order valence-electron chi connectivity index (χ0n) is 14.2. The number of aromatic nitrogens is 2. The van der Waals surface area contributed by atoms with Crippen LogP contribution in [0.4, 0.5) is 10.1 Å². The number of nitrogens with zero attached hydrogens (tertiary/aromatic N) is 2. The topological polar surface area (TPSA) is 68.2 Å². The van der Waals surface area contributed by atoms with Gasteiger partial charge in [-0.25, -0.2) is 4.39 Å². The number of anilines is 1. The molecular formula is C17H22ClFN4O2. The highest BCUT2D eigenvalue weighted by Gasteiger charge is 2.34. The van der Waals surface area contributed by atoms with Gasteiger partial charge in [0.05, 0.1) is 18.7 Å². The van der Waals surface area contributed by atoms with Gasteiger partial charge in [0.1, 0.15) is 0 Å². The van der Waals surface area contributed by atoms with E-state index >= 15 is 0 Å². The Balaban J connectivity index is 0.00000225. The third kappa shape index (κ3) is 4.29. The molecule has 0 aliphatic carbocycles. The number of amides is 1. The van der Waals surface area contributed by atoms with Crippen LogP contribution in [0.15, 0.2) is 30.6 Å². The molecule has 0 unspecified atom stereocenters. The van der Waals surface area contributed by atoms with Crippen molar-refractivity contribution in [2.75, 3.05) is 25.0 Å². The normalized spacial score (nSPS) is 19.3. The molecule has 136 valence electrons. The highest BCUT2D eigenvalue weighted by atomic mass is 35.5. The number of hydrogen-bond acceptors (Lipinski definition) is 4. The average molecular weight is 369 g/mol. The third-order valence-corrected chi connectivity index (χ3v) is 4.20. The van der Waals surface area contributed by atoms with Crippen LogP contribution in [-0.2, 0) is 11.8 Å². The zero-order valence-corrected chi connectivity index (χ0v) is 15.0. The smallest absolute Gasteiger partial charge is 0.229 e. The van der Waals surface area contributed by atoms with E-state index in [9.17, 15) is 9.18 Å². The molecule has 2 heterocycles.